The summed E-state index contributed by atoms with van der Waals surface area (Å²) in [6.07, 6.45) is 2.80. The van der Waals surface area contributed by atoms with Crippen LogP contribution in [0, 0.1) is 0 Å². The number of benzene rings is 1. The number of rotatable bonds is 0. The summed E-state index contributed by atoms with van der Waals surface area (Å²) in [4.78, 5) is 19.9. The molecule has 2 aliphatic rings. The van der Waals surface area contributed by atoms with Crippen LogP contribution in [0.2, 0.25) is 0 Å². The number of piperazine rings is 1. The zero-order valence-corrected chi connectivity index (χ0v) is 13.9. The molecule has 1 fully saturated rings. The van der Waals surface area contributed by atoms with Crippen molar-refractivity contribution in [1.82, 2.24) is 9.88 Å². The number of anilines is 1. The molecule has 1 aromatic carbocycles. The van der Waals surface area contributed by atoms with Crippen LogP contribution in [0.5, 0.6) is 0 Å². The van der Waals surface area contributed by atoms with Gasteiger partial charge in [0.1, 0.15) is 5.60 Å². The van der Waals surface area contributed by atoms with Crippen molar-refractivity contribution >= 4 is 22.7 Å². The summed E-state index contributed by atoms with van der Waals surface area (Å²) in [6.45, 7) is 8.04. The summed E-state index contributed by atoms with van der Waals surface area (Å²) in [6, 6.07) is 6.87. The lowest BCUT2D eigenvalue weighted by atomic mass is 10.1. The Morgan fingerprint density at radius 2 is 2.09 bits per heavy atom. The highest BCUT2D eigenvalue weighted by Gasteiger charge is 2.37. The van der Waals surface area contributed by atoms with Gasteiger partial charge in [-0.15, -0.1) is 0 Å². The Kier molecular flexibility index (Phi) is 3.08. The molecule has 4 rings (SSSR count). The zero-order chi connectivity index (χ0) is 16.2. The average molecular weight is 313 g/mol. The summed E-state index contributed by atoms with van der Waals surface area (Å²) in [5.74, 6) is 0. The number of carbonyl (C=O) groups is 1. The maximum absolute atomic E-state index is 12.3. The van der Waals surface area contributed by atoms with E-state index in [1.807, 2.05) is 31.9 Å². The first-order valence-electron chi connectivity index (χ1n) is 8.26. The highest BCUT2D eigenvalue weighted by atomic mass is 16.6. The Morgan fingerprint density at radius 1 is 1.26 bits per heavy atom. The lowest BCUT2D eigenvalue weighted by molar-refractivity contribution is 0.0218. The van der Waals surface area contributed by atoms with E-state index in [1.54, 1.807) is 0 Å². The van der Waals surface area contributed by atoms with E-state index < -0.39 is 5.60 Å². The Morgan fingerprint density at radius 3 is 2.87 bits per heavy atom. The van der Waals surface area contributed by atoms with Gasteiger partial charge in [0.25, 0.3) is 0 Å². The van der Waals surface area contributed by atoms with Gasteiger partial charge in [-0.25, -0.2) is 4.79 Å². The lowest BCUT2D eigenvalue weighted by Gasteiger charge is -2.39. The van der Waals surface area contributed by atoms with Gasteiger partial charge >= 0.3 is 6.09 Å². The molecule has 2 aromatic rings. The number of aromatic amines is 1. The molecular formula is C18H23N3O2. The minimum atomic E-state index is -0.440. The van der Waals surface area contributed by atoms with Gasteiger partial charge < -0.3 is 19.5 Å². The third kappa shape index (κ3) is 2.44. The quantitative estimate of drug-likeness (QED) is 0.813. The van der Waals surface area contributed by atoms with Gasteiger partial charge in [0.15, 0.2) is 0 Å². The van der Waals surface area contributed by atoms with Crippen molar-refractivity contribution in [3.8, 4) is 0 Å². The van der Waals surface area contributed by atoms with E-state index in [1.165, 1.54) is 22.2 Å². The first-order valence-corrected chi connectivity index (χ1v) is 8.26. The molecule has 1 unspecified atom stereocenters. The third-order valence-corrected chi connectivity index (χ3v) is 4.67. The maximum atomic E-state index is 12.3. The van der Waals surface area contributed by atoms with Gasteiger partial charge in [-0.3, -0.25) is 0 Å². The van der Waals surface area contributed by atoms with Crippen molar-refractivity contribution in [2.45, 2.75) is 38.8 Å². The number of H-pyrrole nitrogens is 1. The normalized spacial score (nSPS) is 20.6. The first kappa shape index (κ1) is 14.4. The predicted molar refractivity (Wildman–Crippen MR) is 90.9 cm³/mol. The Balaban J connectivity index is 1.56. The van der Waals surface area contributed by atoms with Crippen molar-refractivity contribution in [1.29, 1.82) is 0 Å². The lowest BCUT2D eigenvalue weighted by Crippen LogP contribution is -2.54. The number of hydrogen-bond donors (Lipinski definition) is 1. The van der Waals surface area contributed by atoms with Gasteiger partial charge in [0.2, 0.25) is 0 Å². The molecule has 0 aliphatic carbocycles. The van der Waals surface area contributed by atoms with Crippen molar-refractivity contribution in [2.24, 2.45) is 0 Å². The van der Waals surface area contributed by atoms with E-state index in [2.05, 4.69) is 28.1 Å². The van der Waals surface area contributed by atoms with Gasteiger partial charge in [-0.2, -0.15) is 0 Å². The number of fused-ring (bicyclic) bond motifs is 5. The Bertz CT molecular complexity index is 759. The second-order valence-corrected chi connectivity index (χ2v) is 7.49. The second-order valence-electron chi connectivity index (χ2n) is 7.49. The van der Waals surface area contributed by atoms with E-state index in [9.17, 15) is 4.79 Å². The standard InChI is InChI=1S/C18H23N3O2/c1-18(2,3)23-17(22)20-8-9-21-13(11-20)10-12-4-5-15-14(16(12)21)6-7-19-15/h4-7,13,19H,8-11H2,1-3H3. The maximum Gasteiger partial charge on any atom is 0.410 e. The van der Waals surface area contributed by atoms with Crippen molar-refractivity contribution in [3.63, 3.8) is 0 Å². The average Bonchev–Trinajstić information content (AvgIpc) is 3.07. The molecule has 0 saturated carbocycles. The molecule has 5 heteroatoms. The molecule has 1 N–H and O–H groups in total. The summed E-state index contributed by atoms with van der Waals surface area (Å²) in [7, 11) is 0. The number of nitrogens with one attached hydrogen (secondary N) is 1. The molecule has 1 aromatic heterocycles. The number of aromatic nitrogens is 1. The molecule has 2 aliphatic heterocycles. The zero-order valence-electron chi connectivity index (χ0n) is 13.9. The van der Waals surface area contributed by atoms with Crippen molar-refractivity contribution in [2.75, 3.05) is 24.5 Å². The van der Waals surface area contributed by atoms with Crippen LogP contribution in [0.25, 0.3) is 10.9 Å². The molecule has 122 valence electrons. The van der Waals surface area contributed by atoms with Gasteiger partial charge in [0.05, 0.1) is 6.04 Å². The second kappa shape index (κ2) is 4.91. The van der Waals surface area contributed by atoms with Gasteiger partial charge in [-0.05, 0) is 44.9 Å². The highest BCUT2D eigenvalue weighted by molar-refractivity contribution is 5.95. The number of ether oxygens (including phenoxy) is 1. The largest absolute Gasteiger partial charge is 0.444 e. The molecule has 0 radical (unpaired) electrons. The van der Waals surface area contributed by atoms with Gasteiger partial charge in [0, 0.05) is 42.4 Å². The molecule has 0 spiro atoms. The number of amides is 1. The third-order valence-electron chi connectivity index (χ3n) is 4.67. The van der Waals surface area contributed by atoms with Gasteiger partial charge in [-0.1, -0.05) is 6.07 Å². The summed E-state index contributed by atoms with van der Waals surface area (Å²) >= 11 is 0. The fraction of sp³-hybridized carbons (Fsp3) is 0.500. The topological polar surface area (TPSA) is 48.6 Å². The SMILES string of the molecule is CC(C)(C)OC(=O)N1CCN2c3c(ccc4[nH]ccc34)CC2C1. The van der Waals surface area contributed by atoms with Crippen LogP contribution in [0.4, 0.5) is 10.5 Å². The van der Waals surface area contributed by atoms with Crippen LogP contribution in [0.15, 0.2) is 24.4 Å². The molecule has 5 nitrogen and oxygen atoms in total. The van der Waals surface area contributed by atoms with Crippen LogP contribution >= 0.6 is 0 Å². The summed E-state index contributed by atoms with van der Waals surface area (Å²) in [5.41, 5.74) is 3.47. The molecule has 1 saturated heterocycles. The molecule has 1 atom stereocenters. The molecular weight excluding hydrogens is 290 g/mol. The molecule has 1 amide bonds. The van der Waals surface area contributed by atoms with Crippen LogP contribution in [-0.4, -0.2) is 47.3 Å². The van der Waals surface area contributed by atoms with Crippen LogP contribution in [-0.2, 0) is 11.2 Å². The predicted octanol–water partition coefficient (Wildman–Crippen LogP) is 3.15. The fourth-order valence-corrected chi connectivity index (χ4v) is 3.74. The number of hydrogen-bond acceptors (Lipinski definition) is 3. The Labute approximate surface area is 136 Å². The minimum Gasteiger partial charge on any atom is -0.444 e. The summed E-state index contributed by atoms with van der Waals surface area (Å²) in [5, 5.41) is 1.29. The highest BCUT2D eigenvalue weighted by Crippen LogP contribution is 2.39. The number of carbonyl (C=O) groups excluding carboxylic acids is 1. The smallest absolute Gasteiger partial charge is 0.410 e. The van der Waals surface area contributed by atoms with E-state index in [-0.39, 0.29) is 6.09 Å². The number of nitrogens with zero attached hydrogens (tertiary/aromatic N) is 2. The van der Waals surface area contributed by atoms with Crippen LogP contribution in [0.3, 0.4) is 0 Å². The van der Waals surface area contributed by atoms with E-state index in [0.717, 1.165) is 19.5 Å². The summed E-state index contributed by atoms with van der Waals surface area (Å²) < 4.78 is 5.52. The monoisotopic (exact) mass is 313 g/mol. The van der Waals surface area contributed by atoms with Crippen LogP contribution in [0.1, 0.15) is 26.3 Å². The van der Waals surface area contributed by atoms with Crippen molar-refractivity contribution in [3.05, 3.63) is 30.0 Å². The van der Waals surface area contributed by atoms with E-state index in [4.69, 9.17) is 4.74 Å². The van der Waals surface area contributed by atoms with E-state index in [0.29, 0.717) is 12.6 Å². The van der Waals surface area contributed by atoms with E-state index >= 15 is 0 Å². The fourth-order valence-electron chi connectivity index (χ4n) is 3.74. The minimum absolute atomic E-state index is 0.195. The Hall–Kier alpha value is -2.17. The molecule has 3 heterocycles. The van der Waals surface area contributed by atoms with Crippen molar-refractivity contribution < 1.29 is 9.53 Å². The van der Waals surface area contributed by atoms with Crippen LogP contribution < -0.4 is 4.90 Å². The molecule has 0 bridgehead atoms. The first-order chi connectivity index (χ1) is 10.9. The molecule has 23 heavy (non-hydrogen) atoms.